The summed E-state index contributed by atoms with van der Waals surface area (Å²) in [6, 6.07) is 11.2. The van der Waals surface area contributed by atoms with Crippen LogP contribution < -0.4 is 0 Å². The summed E-state index contributed by atoms with van der Waals surface area (Å²) >= 11 is 0. The van der Waals surface area contributed by atoms with E-state index in [2.05, 4.69) is 9.98 Å². The molecule has 2 aromatic rings. The molecular formula is C24H20N2O10. The summed E-state index contributed by atoms with van der Waals surface area (Å²) in [5.74, 6) is -2.99. The zero-order valence-corrected chi connectivity index (χ0v) is 18.8. The molecule has 0 aliphatic carbocycles. The summed E-state index contributed by atoms with van der Waals surface area (Å²) in [4.78, 5) is 74.2. The van der Waals surface area contributed by atoms with E-state index in [1.165, 1.54) is 60.7 Å². The molecule has 0 spiro atoms. The number of hydrogen-bond acceptors (Lipinski definition) is 12. The van der Waals surface area contributed by atoms with Gasteiger partial charge in [0, 0.05) is 0 Å². The molecule has 0 aliphatic heterocycles. The second kappa shape index (κ2) is 15.1. The van der Waals surface area contributed by atoms with Crippen LogP contribution in [0, 0.1) is 0 Å². The van der Waals surface area contributed by atoms with Crippen LogP contribution in [0.25, 0.3) is 0 Å². The third kappa shape index (κ3) is 9.92. The van der Waals surface area contributed by atoms with Gasteiger partial charge in [-0.2, -0.15) is 9.98 Å². The molecule has 0 saturated carbocycles. The minimum atomic E-state index is -0.750. The third-order valence-corrected chi connectivity index (χ3v) is 4.26. The van der Waals surface area contributed by atoms with Crippen molar-refractivity contribution < 1.29 is 47.7 Å². The quantitative estimate of drug-likeness (QED) is 0.132. The molecule has 186 valence electrons. The summed E-state index contributed by atoms with van der Waals surface area (Å²) in [7, 11) is 0. The van der Waals surface area contributed by atoms with Crippen LogP contribution in [0.1, 0.15) is 33.6 Å². The van der Waals surface area contributed by atoms with E-state index >= 15 is 0 Å². The average Bonchev–Trinajstić information content (AvgIpc) is 2.89. The van der Waals surface area contributed by atoms with Crippen LogP contribution in [-0.2, 0) is 38.1 Å². The molecule has 0 radical (unpaired) electrons. The van der Waals surface area contributed by atoms with E-state index in [0.717, 1.165) is 0 Å². The smallest absolute Gasteiger partial charge is 0.344 e. The van der Waals surface area contributed by atoms with Gasteiger partial charge in [-0.25, -0.2) is 28.8 Å². The first-order valence-corrected chi connectivity index (χ1v) is 10.4. The lowest BCUT2D eigenvalue weighted by Crippen LogP contribution is -2.18. The number of benzene rings is 2. The molecule has 12 nitrogen and oxygen atoms in total. The number of aliphatic imine (C=N–C) groups is 2. The fourth-order valence-electron chi connectivity index (χ4n) is 2.52. The molecule has 36 heavy (non-hydrogen) atoms. The third-order valence-electron chi connectivity index (χ3n) is 4.26. The monoisotopic (exact) mass is 496 g/mol. The Morgan fingerprint density at radius 3 is 1.28 bits per heavy atom. The van der Waals surface area contributed by atoms with Gasteiger partial charge >= 0.3 is 23.9 Å². The molecule has 0 amide bonds. The van der Waals surface area contributed by atoms with Crippen molar-refractivity contribution in [1.82, 2.24) is 0 Å². The number of hydrogen-bond donors (Lipinski definition) is 0. The van der Waals surface area contributed by atoms with Crippen molar-refractivity contribution in [2.45, 2.75) is 12.8 Å². The molecule has 12 heteroatoms. The number of carbonyl (C=O) groups is 4. The van der Waals surface area contributed by atoms with Gasteiger partial charge < -0.3 is 18.9 Å². The Labute approximate surface area is 204 Å². The first-order valence-electron chi connectivity index (χ1n) is 10.4. The average molecular weight is 496 g/mol. The SMILES string of the molecule is O=C=Nc1ccc(C(=O)OCC(=O)OCCCCOC(=O)COC(=O)c2ccc(N=C=O)cc2)cc1. The summed E-state index contributed by atoms with van der Waals surface area (Å²) in [6.07, 6.45) is 3.50. The van der Waals surface area contributed by atoms with Crippen LogP contribution in [0.3, 0.4) is 0 Å². The zero-order chi connectivity index (χ0) is 26.2. The van der Waals surface area contributed by atoms with E-state index < -0.39 is 37.1 Å². The predicted octanol–water partition coefficient (Wildman–Crippen LogP) is 2.50. The van der Waals surface area contributed by atoms with Gasteiger partial charge in [0.05, 0.1) is 35.7 Å². The van der Waals surface area contributed by atoms with Crippen molar-refractivity contribution >= 4 is 47.4 Å². The highest BCUT2D eigenvalue weighted by atomic mass is 16.6. The van der Waals surface area contributed by atoms with E-state index in [-0.39, 0.29) is 24.3 Å². The summed E-state index contributed by atoms with van der Waals surface area (Å²) in [5.41, 5.74) is 0.980. The first kappa shape index (κ1) is 27.3. The maximum Gasteiger partial charge on any atom is 0.344 e. The van der Waals surface area contributed by atoms with Gasteiger partial charge in [-0.15, -0.1) is 0 Å². The minimum Gasteiger partial charge on any atom is -0.463 e. The highest BCUT2D eigenvalue weighted by Gasteiger charge is 2.12. The van der Waals surface area contributed by atoms with Crippen LogP contribution in [0.5, 0.6) is 0 Å². The van der Waals surface area contributed by atoms with Crippen molar-refractivity contribution in [2.24, 2.45) is 9.98 Å². The van der Waals surface area contributed by atoms with Crippen LogP contribution in [-0.4, -0.2) is 62.5 Å². The second-order valence-electron chi connectivity index (χ2n) is 6.80. The molecule has 0 saturated heterocycles. The van der Waals surface area contributed by atoms with Crippen LogP contribution in [0.4, 0.5) is 11.4 Å². The molecule has 2 aromatic carbocycles. The topological polar surface area (TPSA) is 164 Å². The molecule has 0 atom stereocenters. The van der Waals surface area contributed by atoms with Gasteiger partial charge in [0.15, 0.2) is 13.2 Å². The minimum absolute atomic E-state index is 0.0193. The molecule has 0 aromatic heterocycles. The maximum atomic E-state index is 11.9. The van der Waals surface area contributed by atoms with Gasteiger partial charge in [-0.1, -0.05) is 0 Å². The van der Waals surface area contributed by atoms with Gasteiger partial charge in [0.2, 0.25) is 12.2 Å². The fraction of sp³-hybridized carbons (Fsp3) is 0.250. The summed E-state index contributed by atoms with van der Waals surface area (Å²) in [6.45, 7) is -1.13. The normalized spacial score (nSPS) is 9.67. The summed E-state index contributed by atoms with van der Waals surface area (Å²) in [5, 5.41) is 0. The van der Waals surface area contributed by atoms with Crippen molar-refractivity contribution in [3.63, 3.8) is 0 Å². The maximum absolute atomic E-state index is 11.9. The number of nitrogens with zero attached hydrogens (tertiary/aromatic N) is 2. The van der Waals surface area contributed by atoms with Crippen LogP contribution in [0.15, 0.2) is 58.5 Å². The number of esters is 4. The number of isocyanates is 2. The van der Waals surface area contributed by atoms with Crippen molar-refractivity contribution in [2.75, 3.05) is 26.4 Å². The number of rotatable bonds is 13. The van der Waals surface area contributed by atoms with Gasteiger partial charge in [0.25, 0.3) is 0 Å². The van der Waals surface area contributed by atoms with E-state index in [4.69, 9.17) is 18.9 Å². The lowest BCUT2D eigenvalue weighted by molar-refractivity contribution is -0.149. The lowest BCUT2D eigenvalue weighted by Gasteiger charge is -2.08. The van der Waals surface area contributed by atoms with Crippen LogP contribution >= 0.6 is 0 Å². The Balaban J connectivity index is 1.54. The molecule has 0 fully saturated rings. The van der Waals surface area contributed by atoms with Crippen molar-refractivity contribution in [3.05, 3.63) is 59.7 Å². The van der Waals surface area contributed by atoms with E-state index in [0.29, 0.717) is 24.2 Å². The molecule has 0 N–H and O–H groups in total. The molecule has 0 unspecified atom stereocenters. The Kier molecular flexibility index (Phi) is 11.4. The fourth-order valence-corrected chi connectivity index (χ4v) is 2.52. The highest BCUT2D eigenvalue weighted by molar-refractivity contribution is 5.91. The van der Waals surface area contributed by atoms with Gasteiger partial charge in [-0.05, 0) is 61.4 Å². The summed E-state index contributed by atoms with van der Waals surface area (Å²) < 4.78 is 19.5. The predicted molar refractivity (Wildman–Crippen MR) is 120 cm³/mol. The standard InChI is InChI=1S/C24H20N2O10/c27-15-25-19-7-3-17(4-8-19)23(31)35-13-21(29)33-11-1-2-12-34-22(30)14-36-24(32)18-5-9-20(10-6-18)26-16-28/h3-10H,1-2,11-14H2. The Hall–Kier alpha value is -4.92. The Bertz CT molecular complexity index is 1070. The number of carbonyl (C=O) groups excluding carboxylic acids is 6. The van der Waals surface area contributed by atoms with Crippen LogP contribution in [0.2, 0.25) is 0 Å². The molecule has 0 heterocycles. The Morgan fingerprint density at radius 1 is 0.583 bits per heavy atom. The second-order valence-corrected chi connectivity index (χ2v) is 6.80. The number of ether oxygens (including phenoxy) is 4. The molecular weight excluding hydrogens is 476 g/mol. The van der Waals surface area contributed by atoms with Gasteiger partial charge in [-0.3, -0.25) is 0 Å². The first-order chi connectivity index (χ1) is 17.4. The van der Waals surface area contributed by atoms with Crippen molar-refractivity contribution in [1.29, 1.82) is 0 Å². The molecule has 2 rings (SSSR count). The number of unbranched alkanes of at least 4 members (excludes halogenated alkanes) is 1. The molecule has 0 bridgehead atoms. The largest absolute Gasteiger partial charge is 0.463 e. The van der Waals surface area contributed by atoms with Crippen molar-refractivity contribution in [3.8, 4) is 0 Å². The zero-order valence-electron chi connectivity index (χ0n) is 18.8. The van der Waals surface area contributed by atoms with Gasteiger partial charge in [0.1, 0.15) is 0 Å². The van der Waals surface area contributed by atoms with E-state index in [1.54, 1.807) is 0 Å². The highest BCUT2D eigenvalue weighted by Crippen LogP contribution is 2.14. The molecule has 0 aliphatic rings. The van der Waals surface area contributed by atoms with E-state index in [9.17, 15) is 28.8 Å². The van der Waals surface area contributed by atoms with E-state index in [1.807, 2.05) is 0 Å². The Morgan fingerprint density at radius 2 is 0.944 bits per heavy atom. The lowest BCUT2D eigenvalue weighted by atomic mass is 10.2.